The Hall–Kier alpha value is -1.23. The second-order valence-corrected chi connectivity index (χ2v) is 5.56. The first-order valence-electron chi connectivity index (χ1n) is 5.85. The van der Waals surface area contributed by atoms with Crippen LogP contribution in [-0.4, -0.2) is 24.2 Å². The molecular weight excluding hydrogens is 241 g/mol. The van der Waals surface area contributed by atoms with Gasteiger partial charge < -0.3 is 5.73 Å². The van der Waals surface area contributed by atoms with E-state index in [1.165, 1.54) is 4.90 Å². The smallest absolute Gasteiger partial charge is 0.399 e. The van der Waals surface area contributed by atoms with Crippen LogP contribution in [0, 0.1) is 0 Å². The molecule has 1 aliphatic heterocycles. The Labute approximate surface area is 105 Å². The van der Waals surface area contributed by atoms with Crippen molar-refractivity contribution in [1.82, 2.24) is 4.90 Å². The van der Waals surface area contributed by atoms with Crippen molar-refractivity contribution in [2.45, 2.75) is 32.0 Å². The number of benzene rings is 1. The molecule has 1 heterocycles. The number of hydrogen-bond acceptors (Lipinski definition) is 2. The van der Waals surface area contributed by atoms with Crippen molar-refractivity contribution in [3.8, 4) is 0 Å². The third kappa shape index (κ3) is 2.77. The van der Waals surface area contributed by atoms with Crippen LogP contribution in [0.25, 0.3) is 0 Å². The molecule has 2 rings (SSSR count). The molecule has 2 N–H and O–H groups in total. The highest BCUT2D eigenvalue weighted by atomic mass is 19.4. The maximum atomic E-state index is 12.5. The summed E-state index contributed by atoms with van der Waals surface area (Å²) in [6.45, 7) is 3.77. The van der Waals surface area contributed by atoms with Crippen LogP contribution >= 0.6 is 0 Å². The lowest BCUT2D eigenvalue weighted by atomic mass is 9.78. The van der Waals surface area contributed by atoms with E-state index in [9.17, 15) is 13.2 Å². The minimum Gasteiger partial charge on any atom is -0.399 e. The third-order valence-electron chi connectivity index (χ3n) is 3.27. The van der Waals surface area contributed by atoms with Crippen LogP contribution in [0.4, 0.5) is 18.9 Å². The van der Waals surface area contributed by atoms with Crippen LogP contribution in [0.3, 0.4) is 0 Å². The van der Waals surface area contributed by atoms with E-state index in [4.69, 9.17) is 5.73 Å². The first-order chi connectivity index (χ1) is 8.17. The van der Waals surface area contributed by atoms with Crippen molar-refractivity contribution < 1.29 is 13.2 Å². The first-order valence-corrected chi connectivity index (χ1v) is 5.85. The van der Waals surface area contributed by atoms with Gasteiger partial charge in [-0.2, -0.15) is 13.2 Å². The minimum absolute atomic E-state index is 0.285. The van der Waals surface area contributed by atoms with Gasteiger partial charge >= 0.3 is 6.18 Å². The molecule has 1 aromatic carbocycles. The predicted octanol–water partition coefficient (Wildman–Crippen LogP) is 2.92. The number of rotatable bonds is 1. The summed E-state index contributed by atoms with van der Waals surface area (Å²) in [5, 5.41) is 0. The Balaban J connectivity index is 2.30. The quantitative estimate of drug-likeness (QED) is 0.785. The molecule has 18 heavy (non-hydrogen) atoms. The molecule has 2 nitrogen and oxygen atoms in total. The van der Waals surface area contributed by atoms with Crippen LogP contribution in [0.5, 0.6) is 0 Å². The fourth-order valence-electron chi connectivity index (χ4n) is 2.71. The van der Waals surface area contributed by atoms with Gasteiger partial charge in [-0.15, -0.1) is 0 Å². The maximum absolute atomic E-state index is 12.5. The largest absolute Gasteiger partial charge is 0.401 e. The summed E-state index contributed by atoms with van der Waals surface area (Å²) in [4.78, 5) is 1.43. The molecule has 0 spiro atoms. The third-order valence-corrected chi connectivity index (χ3v) is 3.27. The number of nitrogens with zero attached hydrogens (tertiary/aromatic N) is 1. The Morgan fingerprint density at radius 3 is 2.61 bits per heavy atom. The molecule has 5 heteroatoms. The topological polar surface area (TPSA) is 29.3 Å². The number of alkyl halides is 3. The SMILES string of the molecule is CC1(C)CN(CC(F)(F)F)Cc2cc(N)ccc21. The first kappa shape index (κ1) is 13.2. The van der Waals surface area contributed by atoms with E-state index in [1.54, 1.807) is 12.1 Å². The molecule has 0 amide bonds. The molecule has 0 radical (unpaired) electrons. The van der Waals surface area contributed by atoms with E-state index < -0.39 is 12.7 Å². The molecule has 0 saturated heterocycles. The molecule has 0 saturated carbocycles. The van der Waals surface area contributed by atoms with E-state index in [1.807, 2.05) is 19.9 Å². The van der Waals surface area contributed by atoms with Crippen LogP contribution in [0.2, 0.25) is 0 Å². The fraction of sp³-hybridized carbons (Fsp3) is 0.538. The molecule has 1 aliphatic rings. The minimum atomic E-state index is -4.16. The van der Waals surface area contributed by atoms with Gasteiger partial charge in [0.2, 0.25) is 0 Å². The van der Waals surface area contributed by atoms with Gasteiger partial charge in [0.05, 0.1) is 6.54 Å². The Bertz CT molecular complexity index is 452. The van der Waals surface area contributed by atoms with Gasteiger partial charge in [-0.25, -0.2) is 0 Å². The van der Waals surface area contributed by atoms with Crippen molar-refractivity contribution in [3.63, 3.8) is 0 Å². The monoisotopic (exact) mass is 258 g/mol. The predicted molar refractivity (Wildman–Crippen MR) is 65.2 cm³/mol. The zero-order valence-corrected chi connectivity index (χ0v) is 10.5. The molecular formula is C13H17F3N2. The van der Waals surface area contributed by atoms with E-state index in [2.05, 4.69) is 0 Å². The summed E-state index contributed by atoms with van der Waals surface area (Å²) in [6.07, 6.45) is -4.16. The molecule has 0 aliphatic carbocycles. The van der Waals surface area contributed by atoms with Crippen LogP contribution < -0.4 is 5.73 Å². The number of halogens is 3. The van der Waals surface area contributed by atoms with E-state index in [-0.39, 0.29) is 5.41 Å². The van der Waals surface area contributed by atoms with Gasteiger partial charge in [-0.05, 0) is 23.3 Å². The highest BCUT2D eigenvalue weighted by Crippen LogP contribution is 2.35. The van der Waals surface area contributed by atoms with Crippen molar-refractivity contribution in [2.24, 2.45) is 0 Å². The number of fused-ring (bicyclic) bond motifs is 1. The van der Waals surface area contributed by atoms with Gasteiger partial charge in [-0.1, -0.05) is 19.9 Å². The summed E-state index contributed by atoms with van der Waals surface area (Å²) < 4.78 is 37.4. The lowest BCUT2D eigenvalue weighted by Crippen LogP contribution is -2.45. The summed E-state index contributed by atoms with van der Waals surface area (Å²) in [5.41, 5.74) is 8.00. The normalized spacial score (nSPS) is 19.6. The average molecular weight is 258 g/mol. The van der Waals surface area contributed by atoms with E-state index >= 15 is 0 Å². The second kappa shape index (κ2) is 4.16. The van der Waals surface area contributed by atoms with Crippen LogP contribution in [0.15, 0.2) is 18.2 Å². The zero-order valence-electron chi connectivity index (χ0n) is 10.5. The molecule has 0 fully saturated rings. The lowest BCUT2D eigenvalue weighted by molar-refractivity contribution is -0.149. The Morgan fingerprint density at radius 1 is 1.33 bits per heavy atom. The van der Waals surface area contributed by atoms with Gasteiger partial charge in [0.15, 0.2) is 0 Å². The summed E-state index contributed by atoms with van der Waals surface area (Å²) in [5.74, 6) is 0. The number of hydrogen-bond donors (Lipinski definition) is 1. The Morgan fingerprint density at radius 2 is 2.00 bits per heavy atom. The number of nitrogens with two attached hydrogens (primary N) is 1. The van der Waals surface area contributed by atoms with Crippen LogP contribution in [0.1, 0.15) is 25.0 Å². The summed E-state index contributed by atoms with van der Waals surface area (Å²) >= 11 is 0. The summed E-state index contributed by atoms with van der Waals surface area (Å²) in [7, 11) is 0. The molecule has 0 atom stereocenters. The highest BCUT2D eigenvalue weighted by molar-refractivity contribution is 5.48. The van der Waals surface area contributed by atoms with Gasteiger partial charge in [0.25, 0.3) is 0 Å². The highest BCUT2D eigenvalue weighted by Gasteiger charge is 2.37. The van der Waals surface area contributed by atoms with Crippen molar-refractivity contribution in [3.05, 3.63) is 29.3 Å². The Kier molecular flexibility index (Phi) is 3.05. The van der Waals surface area contributed by atoms with E-state index in [0.29, 0.717) is 18.8 Å². The number of nitrogen functional groups attached to an aromatic ring is 1. The fourth-order valence-corrected chi connectivity index (χ4v) is 2.71. The maximum Gasteiger partial charge on any atom is 0.401 e. The van der Waals surface area contributed by atoms with Crippen LogP contribution in [-0.2, 0) is 12.0 Å². The molecule has 100 valence electrons. The average Bonchev–Trinajstić information content (AvgIpc) is 2.11. The molecule has 0 bridgehead atoms. The van der Waals surface area contributed by atoms with Crippen molar-refractivity contribution >= 4 is 5.69 Å². The molecule has 1 aromatic rings. The van der Waals surface area contributed by atoms with Crippen molar-refractivity contribution in [1.29, 1.82) is 0 Å². The number of anilines is 1. The molecule has 0 unspecified atom stereocenters. The summed E-state index contributed by atoms with van der Waals surface area (Å²) in [6, 6.07) is 5.51. The second-order valence-electron chi connectivity index (χ2n) is 5.56. The lowest BCUT2D eigenvalue weighted by Gasteiger charge is -2.40. The van der Waals surface area contributed by atoms with Gasteiger partial charge in [0, 0.05) is 24.2 Å². The molecule has 0 aromatic heterocycles. The van der Waals surface area contributed by atoms with Gasteiger partial charge in [0.1, 0.15) is 0 Å². The zero-order chi connectivity index (χ0) is 13.6. The standard InChI is InChI=1S/C13H17F3N2/c1-12(2)7-18(8-13(14,15)16)6-9-5-10(17)3-4-11(9)12/h3-5H,6-8,17H2,1-2H3. The van der Waals surface area contributed by atoms with E-state index in [0.717, 1.165) is 11.1 Å². The van der Waals surface area contributed by atoms with Crippen molar-refractivity contribution in [2.75, 3.05) is 18.8 Å². The van der Waals surface area contributed by atoms with Gasteiger partial charge in [-0.3, -0.25) is 4.90 Å².